The molecule has 6 nitrogen and oxygen atoms in total. The molecule has 3 aliphatic rings. The molecule has 4 atom stereocenters. The predicted molar refractivity (Wildman–Crippen MR) is 128 cm³/mol. The second-order valence-electron chi connectivity index (χ2n) is 9.86. The summed E-state index contributed by atoms with van der Waals surface area (Å²) in [4.78, 5) is 27.0. The quantitative estimate of drug-likeness (QED) is 0.379. The Morgan fingerprint density at radius 1 is 1.30 bits per heavy atom. The second kappa shape index (κ2) is 9.28. The van der Waals surface area contributed by atoms with E-state index in [1.165, 1.54) is 16.5 Å². The third-order valence-corrected chi connectivity index (χ3v) is 7.68. The van der Waals surface area contributed by atoms with Crippen molar-refractivity contribution in [1.82, 2.24) is 4.90 Å². The van der Waals surface area contributed by atoms with Gasteiger partial charge in [-0.3, -0.25) is 14.5 Å². The molecule has 2 saturated heterocycles. The van der Waals surface area contributed by atoms with Crippen molar-refractivity contribution in [2.45, 2.75) is 52.5 Å². The molecule has 33 heavy (non-hydrogen) atoms. The van der Waals surface area contributed by atoms with Gasteiger partial charge in [0.05, 0.1) is 23.0 Å². The summed E-state index contributed by atoms with van der Waals surface area (Å²) in [6.07, 6.45) is 3.99. The number of nitrogens with zero attached hydrogens (tertiary/aromatic N) is 1. The van der Waals surface area contributed by atoms with Gasteiger partial charge in [0.1, 0.15) is 5.75 Å². The first kappa shape index (κ1) is 24.1. The molecule has 0 saturated carbocycles. The van der Waals surface area contributed by atoms with Crippen LogP contribution in [0.4, 0.5) is 0 Å². The second-order valence-corrected chi connectivity index (χ2v) is 10.3. The lowest BCUT2D eigenvalue weighted by Gasteiger charge is -2.44. The van der Waals surface area contributed by atoms with E-state index in [9.17, 15) is 19.7 Å². The van der Waals surface area contributed by atoms with E-state index in [4.69, 9.17) is 16.3 Å². The van der Waals surface area contributed by atoms with E-state index in [2.05, 4.69) is 13.8 Å². The van der Waals surface area contributed by atoms with Gasteiger partial charge in [0, 0.05) is 7.05 Å². The van der Waals surface area contributed by atoms with Crippen LogP contribution in [-0.4, -0.2) is 47.1 Å². The number of benzene rings is 1. The minimum absolute atomic E-state index is 0.107. The van der Waals surface area contributed by atoms with Gasteiger partial charge in [-0.25, -0.2) is 0 Å². The number of aromatic hydroxyl groups is 1. The first-order valence-electron chi connectivity index (χ1n) is 11.6. The van der Waals surface area contributed by atoms with Crippen LogP contribution in [0.15, 0.2) is 34.9 Å². The summed E-state index contributed by atoms with van der Waals surface area (Å²) in [5.74, 6) is -0.810. The molecule has 1 aromatic rings. The normalized spacial score (nSPS) is 28.0. The molecule has 0 aromatic heterocycles. The Morgan fingerprint density at radius 2 is 2.03 bits per heavy atom. The lowest BCUT2D eigenvalue weighted by Crippen LogP contribution is -2.46. The number of fused-ring (bicyclic) bond motifs is 3. The maximum Gasteiger partial charge on any atom is 0.455 e. The number of carbonyl (C=O) groups is 2. The Labute approximate surface area is 200 Å². The average Bonchev–Trinajstić information content (AvgIpc) is 2.97. The zero-order valence-electron chi connectivity index (χ0n) is 19.5. The summed E-state index contributed by atoms with van der Waals surface area (Å²) < 4.78 is 6.02. The van der Waals surface area contributed by atoms with Gasteiger partial charge < -0.3 is 14.8 Å². The number of phenols is 1. The van der Waals surface area contributed by atoms with E-state index in [0.29, 0.717) is 24.2 Å². The number of phenolic OH excluding ortho intramolecular Hbond substituents is 1. The fourth-order valence-electron chi connectivity index (χ4n) is 5.74. The monoisotopic (exact) mass is 471 g/mol. The lowest BCUT2D eigenvalue weighted by molar-refractivity contribution is -0.138. The summed E-state index contributed by atoms with van der Waals surface area (Å²) >= 11 is 6.24. The molecular weight excluding hydrogens is 441 g/mol. The zero-order chi connectivity index (χ0) is 24.0. The van der Waals surface area contributed by atoms with Crippen LogP contribution in [0.3, 0.4) is 0 Å². The highest BCUT2D eigenvalue weighted by atomic mass is 35.5. The molecule has 2 amide bonds. The highest BCUT2D eigenvalue weighted by molar-refractivity contribution is 6.43. The van der Waals surface area contributed by atoms with Gasteiger partial charge in [0.15, 0.2) is 0 Å². The molecular formula is C25H31BClNO5. The highest BCUT2D eigenvalue weighted by Crippen LogP contribution is 2.51. The molecule has 176 valence electrons. The fourth-order valence-corrected chi connectivity index (χ4v) is 5.97. The lowest BCUT2D eigenvalue weighted by atomic mass is 9.57. The Bertz CT molecular complexity index is 1040. The van der Waals surface area contributed by atoms with Crippen molar-refractivity contribution in [2.75, 3.05) is 7.05 Å². The van der Waals surface area contributed by atoms with Crippen LogP contribution in [0.1, 0.15) is 45.6 Å². The molecule has 2 heterocycles. The zero-order valence-corrected chi connectivity index (χ0v) is 20.3. The number of imide groups is 1. The topological polar surface area (TPSA) is 87.1 Å². The molecule has 2 fully saturated rings. The number of halogens is 1. The van der Waals surface area contributed by atoms with Crippen molar-refractivity contribution in [3.8, 4) is 5.75 Å². The predicted octanol–water partition coefficient (Wildman–Crippen LogP) is 4.31. The van der Waals surface area contributed by atoms with Crippen LogP contribution in [0.5, 0.6) is 5.75 Å². The van der Waals surface area contributed by atoms with Gasteiger partial charge in [0.2, 0.25) is 11.8 Å². The van der Waals surface area contributed by atoms with Crippen molar-refractivity contribution in [2.24, 2.45) is 23.7 Å². The Balaban J connectivity index is 1.61. The number of likely N-dealkylation sites (tertiary alicyclic amines) is 1. The molecule has 0 radical (unpaired) electrons. The fraction of sp³-hybridized carbons (Fsp3) is 0.520. The molecule has 0 unspecified atom stereocenters. The van der Waals surface area contributed by atoms with E-state index in [1.54, 1.807) is 19.2 Å². The van der Waals surface area contributed by atoms with E-state index in [0.717, 1.165) is 23.1 Å². The van der Waals surface area contributed by atoms with Gasteiger partial charge >= 0.3 is 7.12 Å². The van der Waals surface area contributed by atoms with Crippen molar-refractivity contribution in [1.29, 1.82) is 0 Å². The molecule has 1 aromatic carbocycles. The summed E-state index contributed by atoms with van der Waals surface area (Å²) in [6.45, 7) is 6.25. The molecule has 2 N–H and O–H groups in total. The van der Waals surface area contributed by atoms with Crippen molar-refractivity contribution in [3.63, 3.8) is 0 Å². The van der Waals surface area contributed by atoms with Gasteiger partial charge in [-0.15, -0.1) is 0 Å². The first-order valence-corrected chi connectivity index (χ1v) is 12.0. The van der Waals surface area contributed by atoms with Crippen LogP contribution < -0.4 is 0 Å². The van der Waals surface area contributed by atoms with E-state index >= 15 is 0 Å². The third kappa shape index (κ3) is 4.51. The number of amides is 2. The Kier molecular flexibility index (Phi) is 6.76. The summed E-state index contributed by atoms with van der Waals surface area (Å²) in [6, 6.07) is 4.89. The molecule has 0 spiro atoms. The molecule has 4 rings (SSSR count). The molecule has 1 aliphatic carbocycles. The molecule has 2 aliphatic heterocycles. The summed E-state index contributed by atoms with van der Waals surface area (Å²) in [5, 5.41) is 20.6. The van der Waals surface area contributed by atoms with E-state index in [1.807, 2.05) is 13.0 Å². The van der Waals surface area contributed by atoms with Crippen molar-refractivity contribution in [3.05, 3.63) is 45.5 Å². The van der Waals surface area contributed by atoms with Gasteiger partial charge in [-0.1, -0.05) is 42.7 Å². The minimum atomic E-state index is -0.958. The first-order chi connectivity index (χ1) is 15.6. The maximum atomic E-state index is 12.9. The molecule has 0 bridgehead atoms. The number of hydrogen-bond donors (Lipinski definition) is 2. The number of rotatable bonds is 5. The average molecular weight is 472 g/mol. The largest absolute Gasteiger partial charge is 0.508 e. The number of allylic oxidation sites excluding steroid dienone is 2. The van der Waals surface area contributed by atoms with Crippen molar-refractivity contribution < 1.29 is 24.4 Å². The van der Waals surface area contributed by atoms with Crippen LogP contribution in [-0.2, 0) is 14.2 Å². The maximum absolute atomic E-state index is 12.9. The van der Waals surface area contributed by atoms with Crippen LogP contribution in [0, 0.1) is 23.7 Å². The number of hydrogen-bond acceptors (Lipinski definition) is 5. The Hall–Kier alpha value is -2.09. The smallest absolute Gasteiger partial charge is 0.455 e. The van der Waals surface area contributed by atoms with Crippen LogP contribution in [0.25, 0.3) is 6.08 Å². The number of carbonyl (C=O) groups excluding carboxylic acids is 2. The van der Waals surface area contributed by atoms with Crippen LogP contribution >= 0.6 is 11.6 Å². The van der Waals surface area contributed by atoms with E-state index in [-0.39, 0.29) is 41.4 Å². The minimum Gasteiger partial charge on any atom is -0.508 e. The van der Waals surface area contributed by atoms with Crippen molar-refractivity contribution >= 4 is 36.6 Å². The highest BCUT2D eigenvalue weighted by Gasteiger charge is 2.56. The standard InChI is InChI=1S/C25H31BClNO5/c1-13(2)17-11-18-23(25(31)28(4)24(18)30)19-12-26(32)33-21(22(17)19)8-5-14(3)9-15-6-7-16(29)10-20(15)27/h6-7,9-10,13,18-19,21,23,29,32H,5,8,11-12H2,1-4H3/b14-9+/t18-,19+,21-,23-/m1/s1. The van der Waals surface area contributed by atoms with Gasteiger partial charge in [0.25, 0.3) is 0 Å². The van der Waals surface area contributed by atoms with Gasteiger partial charge in [-0.2, -0.15) is 0 Å². The van der Waals surface area contributed by atoms with Gasteiger partial charge in [-0.05, 0) is 73.7 Å². The summed E-state index contributed by atoms with van der Waals surface area (Å²) in [5.41, 5.74) is 4.23. The summed E-state index contributed by atoms with van der Waals surface area (Å²) in [7, 11) is 0.605. The third-order valence-electron chi connectivity index (χ3n) is 7.35. The van der Waals surface area contributed by atoms with Crippen LogP contribution in [0.2, 0.25) is 11.3 Å². The molecule has 8 heteroatoms. The Morgan fingerprint density at radius 3 is 2.70 bits per heavy atom. The SMILES string of the molecule is C/C(=C\c1ccc(O)cc1Cl)CC[C@H]1OB(O)C[C@H]2C1=C(C(C)C)C[C@H]1C(=O)N(C)C(=O)[C@H]12. The van der Waals surface area contributed by atoms with E-state index < -0.39 is 13.0 Å².